The van der Waals surface area contributed by atoms with Gasteiger partial charge in [0.15, 0.2) is 5.78 Å². The quantitative estimate of drug-likeness (QED) is 0.585. The molecule has 0 aliphatic carbocycles. The van der Waals surface area contributed by atoms with Crippen molar-refractivity contribution in [2.45, 2.75) is 25.4 Å². The summed E-state index contributed by atoms with van der Waals surface area (Å²) < 4.78 is 18.2. The number of ether oxygens (including phenoxy) is 1. The van der Waals surface area contributed by atoms with Crippen molar-refractivity contribution in [1.82, 2.24) is 0 Å². The number of halogens is 1. The molecule has 1 heterocycles. The number of hydrogen-bond acceptors (Lipinski definition) is 3. The van der Waals surface area contributed by atoms with Crippen LogP contribution in [0.5, 0.6) is 0 Å². The smallest absolute Gasteiger partial charge is 0.163 e. The van der Waals surface area contributed by atoms with E-state index in [0.29, 0.717) is 18.1 Å². The third kappa shape index (κ3) is 4.10. The van der Waals surface area contributed by atoms with Crippen molar-refractivity contribution in [3.63, 3.8) is 0 Å². The van der Waals surface area contributed by atoms with Gasteiger partial charge in [-0.3, -0.25) is 4.79 Å². The Labute approximate surface area is 111 Å². The van der Waals surface area contributed by atoms with Crippen molar-refractivity contribution in [3.8, 4) is 0 Å². The Morgan fingerprint density at radius 2 is 2.17 bits per heavy atom. The number of rotatable bonds is 6. The molecule has 0 bridgehead atoms. The molecule has 1 aliphatic heterocycles. The molecule has 0 amide bonds. The molecule has 1 fully saturated rings. The van der Waals surface area contributed by atoms with Crippen LogP contribution in [0.25, 0.3) is 0 Å². The number of thioether (sulfide) groups is 1. The number of ketones is 1. The fraction of sp³-hybridized carbons (Fsp3) is 0.500. The standard InChI is InChI=1S/C14H17FO2S/c15-12-5-3-11(4-6-12)14(16)7-9-18-10-13-2-1-8-17-13/h3-6,13H,1-2,7-10H2. The van der Waals surface area contributed by atoms with Gasteiger partial charge < -0.3 is 4.74 Å². The molecule has 0 N–H and O–H groups in total. The Morgan fingerprint density at radius 1 is 1.39 bits per heavy atom. The van der Waals surface area contributed by atoms with Crippen LogP contribution in [0.2, 0.25) is 0 Å². The highest BCUT2D eigenvalue weighted by molar-refractivity contribution is 7.99. The Bertz CT molecular complexity index is 385. The minimum Gasteiger partial charge on any atom is -0.377 e. The van der Waals surface area contributed by atoms with Crippen molar-refractivity contribution in [1.29, 1.82) is 0 Å². The van der Waals surface area contributed by atoms with E-state index in [1.54, 1.807) is 23.9 Å². The molecule has 1 aromatic carbocycles. The first-order chi connectivity index (χ1) is 8.75. The van der Waals surface area contributed by atoms with Crippen LogP contribution in [0.4, 0.5) is 4.39 Å². The van der Waals surface area contributed by atoms with Gasteiger partial charge in [0.25, 0.3) is 0 Å². The van der Waals surface area contributed by atoms with Crippen LogP contribution in [0.15, 0.2) is 24.3 Å². The third-order valence-corrected chi connectivity index (χ3v) is 4.07. The first kappa shape index (κ1) is 13.6. The van der Waals surface area contributed by atoms with Crippen molar-refractivity contribution >= 4 is 17.5 Å². The maximum Gasteiger partial charge on any atom is 0.163 e. The Morgan fingerprint density at radius 3 is 2.83 bits per heavy atom. The van der Waals surface area contributed by atoms with E-state index >= 15 is 0 Å². The lowest BCUT2D eigenvalue weighted by molar-refractivity contribution is 0.0989. The molecule has 1 unspecified atom stereocenters. The summed E-state index contributed by atoms with van der Waals surface area (Å²) in [6.45, 7) is 0.875. The summed E-state index contributed by atoms with van der Waals surface area (Å²) in [5, 5.41) is 0. The third-order valence-electron chi connectivity index (χ3n) is 2.97. The zero-order valence-corrected chi connectivity index (χ0v) is 11.0. The maximum absolute atomic E-state index is 12.7. The summed E-state index contributed by atoms with van der Waals surface area (Å²) in [6.07, 6.45) is 3.16. The Kier molecular flexibility index (Phi) is 5.20. The van der Waals surface area contributed by atoms with Gasteiger partial charge in [-0.15, -0.1) is 0 Å². The van der Waals surface area contributed by atoms with Crippen LogP contribution in [0, 0.1) is 5.82 Å². The summed E-state index contributed by atoms with van der Waals surface area (Å²) in [4.78, 5) is 11.8. The minimum absolute atomic E-state index is 0.0786. The number of Topliss-reactive ketones (excluding diaryl/α,β-unsaturated/α-hetero) is 1. The van der Waals surface area contributed by atoms with Crippen LogP contribution in [-0.4, -0.2) is 30.0 Å². The van der Waals surface area contributed by atoms with Crippen LogP contribution < -0.4 is 0 Å². The van der Waals surface area contributed by atoms with E-state index in [4.69, 9.17) is 4.74 Å². The molecule has 0 spiro atoms. The van der Waals surface area contributed by atoms with Crippen molar-refractivity contribution in [3.05, 3.63) is 35.6 Å². The lowest BCUT2D eigenvalue weighted by Crippen LogP contribution is -2.09. The predicted molar refractivity (Wildman–Crippen MR) is 71.6 cm³/mol. The molecule has 4 heteroatoms. The molecule has 1 saturated heterocycles. The molecule has 1 aromatic rings. The molecule has 0 saturated carbocycles. The number of carbonyl (C=O) groups excluding carboxylic acids is 1. The molecule has 2 nitrogen and oxygen atoms in total. The lowest BCUT2D eigenvalue weighted by atomic mass is 10.1. The van der Waals surface area contributed by atoms with Gasteiger partial charge in [0, 0.05) is 30.1 Å². The molecule has 1 atom stereocenters. The van der Waals surface area contributed by atoms with Crippen LogP contribution in [-0.2, 0) is 4.74 Å². The van der Waals surface area contributed by atoms with Gasteiger partial charge in [-0.2, -0.15) is 11.8 Å². The van der Waals surface area contributed by atoms with Gasteiger partial charge in [0.1, 0.15) is 5.82 Å². The summed E-state index contributed by atoms with van der Waals surface area (Å²) >= 11 is 1.76. The van der Waals surface area contributed by atoms with Gasteiger partial charge in [-0.1, -0.05) is 0 Å². The molecule has 98 valence electrons. The van der Waals surface area contributed by atoms with E-state index < -0.39 is 0 Å². The first-order valence-electron chi connectivity index (χ1n) is 6.24. The normalized spacial score (nSPS) is 19.1. The summed E-state index contributed by atoms with van der Waals surface area (Å²) in [5.41, 5.74) is 0.592. The van der Waals surface area contributed by atoms with Gasteiger partial charge in [-0.25, -0.2) is 4.39 Å². The van der Waals surface area contributed by atoms with Crippen molar-refractivity contribution < 1.29 is 13.9 Å². The molecule has 1 aliphatic rings. The molecule has 2 rings (SSSR count). The first-order valence-corrected chi connectivity index (χ1v) is 7.39. The SMILES string of the molecule is O=C(CCSCC1CCCO1)c1ccc(F)cc1. The highest BCUT2D eigenvalue weighted by Crippen LogP contribution is 2.18. The lowest BCUT2D eigenvalue weighted by Gasteiger charge is -2.08. The summed E-state index contributed by atoms with van der Waals surface area (Å²) in [5.74, 6) is 1.54. The fourth-order valence-electron chi connectivity index (χ4n) is 1.94. The molecular weight excluding hydrogens is 251 g/mol. The van der Waals surface area contributed by atoms with E-state index in [1.165, 1.54) is 12.1 Å². The van der Waals surface area contributed by atoms with Gasteiger partial charge in [0.05, 0.1) is 6.10 Å². The van der Waals surface area contributed by atoms with E-state index in [-0.39, 0.29) is 11.6 Å². The van der Waals surface area contributed by atoms with E-state index in [0.717, 1.165) is 31.0 Å². The number of carbonyl (C=O) groups is 1. The summed E-state index contributed by atoms with van der Waals surface area (Å²) in [7, 11) is 0. The fourth-order valence-corrected chi connectivity index (χ4v) is 2.96. The Hall–Kier alpha value is -0.870. The zero-order valence-electron chi connectivity index (χ0n) is 10.2. The molecule has 0 aromatic heterocycles. The van der Waals surface area contributed by atoms with Crippen molar-refractivity contribution in [2.24, 2.45) is 0 Å². The predicted octanol–water partition coefficient (Wildman–Crippen LogP) is 3.31. The number of benzene rings is 1. The monoisotopic (exact) mass is 268 g/mol. The maximum atomic E-state index is 12.7. The number of hydrogen-bond donors (Lipinski definition) is 0. The highest BCUT2D eigenvalue weighted by Gasteiger charge is 2.15. The van der Waals surface area contributed by atoms with Gasteiger partial charge in [-0.05, 0) is 37.1 Å². The second-order valence-corrected chi connectivity index (χ2v) is 5.54. The van der Waals surface area contributed by atoms with E-state index in [2.05, 4.69) is 0 Å². The second-order valence-electron chi connectivity index (χ2n) is 4.39. The minimum atomic E-state index is -0.306. The Balaban J connectivity index is 1.66. The average Bonchev–Trinajstić information content (AvgIpc) is 2.88. The topological polar surface area (TPSA) is 26.3 Å². The van der Waals surface area contributed by atoms with Crippen LogP contribution in [0.3, 0.4) is 0 Å². The molecule has 0 radical (unpaired) electrons. The molecule has 18 heavy (non-hydrogen) atoms. The van der Waals surface area contributed by atoms with E-state index in [1.807, 2.05) is 0 Å². The second kappa shape index (κ2) is 6.90. The van der Waals surface area contributed by atoms with Crippen LogP contribution in [0.1, 0.15) is 29.6 Å². The van der Waals surface area contributed by atoms with E-state index in [9.17, 15) is 9.18 Å². The van der Waals surface area contributed by atoms with Crippen LogP contribution >= 0.6 is 11.8 Å². The highest BCUT2D eigenvalue weighted by atomic mass is 32.2. The zero-order chi connectivity index (χ0) is 12.8. The largest absolute Gasteiger partial charge is 0.377 e. The molecular formula is C14H17FO2S. The van der Waals surface area contributed by atoms with Gasteiger partial charge in [0.2, 0.25) is 0 Å². The van der Waals surface area contributed by atoms with Crippen molar-refractivity contribution in [2.75, 3.05) is 18.1 Å². The average molecular weight is 268 g/mol. The van der Waals surface area contributed by atoms with Gasteiger partial charge >= 0.3 is 0 Å². The summed E-state index contributed by atoms with van der Waals surface area (Å²) in [6, 6.07) is 5.74.